The normalized spacial score (nSPS) is 36.0. The fraction of sp³-hybridized carbons (Fsp3) is 0.824. The van der Waals surface area contributed by atoms with Gasteiger partial charge in [-0.25, -0.2) is 4.79 Å². The van der Waals surface area contributed by atoms with Gasteiger partial charge < -0.3 is 4.74 Å². The molecule has 0 N–H and O–H groups in total. The van der Waals surface area contributed by atoms with Gasteiger partial charge in [0.25, 0.3) is 0 Å². The zero-order chi connectivity index (χ0) is 14.2. The van der Waals surface area contributed by atoms with Crippen molar-refractivity contribution in [2.24, 2.45) is 29.1 Å². The maximum Gasteiger partial charge on any atom is 0.333 e. The van der Waals surface area contributed by atoms with Gasteiger partial charge in [-0.1, -0.05) is 33.8 Å². The molecule has 0 bridgehead atoms. The summed E-state index contributed by atoms with van der Waals surface area (Å²) in [5.41, 5.74) is 1.02. The quantitative estimate of drug-likeness (QED) is 0.562. The highest BCUT2D eigenvalue weighted by molar-refractivity contribution is 5.87. The molecule has 0 amide bonds. The Kier molecular flexibility index (Phi) is 4.08. The van der Waals surface area contributed by atoms with Crippen LogP contribution in [0.1, 0.15) is 53.4 Å². The highest BCUT2D eigenvalue weighted by Gasteiger charge is 2.56. The van der Waals surface area contributed by atoms with Crippen molar-refractivity contribution in [1.82, 2.24) is 0 Å². The summed E-state index contributed by atoms with van der Waals surface area (Å²) >= 11 is 0. The van der Waals surface area contributed by atoms with Crippen LogP contribution in [0, 0.1) is 29.1 Å². The molecule has 2 aliphatic rings. The fourth-order valence-electron chi connectivity index (χ4n) is 4.50. The van der Waals surface area contributed by atoms with Gasteiger partial charge in [-0.15, -0.1) is 0 Å². The number of hydrogen-bond acceptors (Lipinski definition) is 2. The molecule has 108 valence electrons. The Morgan fingerprint density at radius 3 is 2.68 bits per heavy atom. The summed E-state index contributed by atoms with van der Waals surface area (Å²) in [6.07, 6.45) is 4.88. The van der Waals surface area contributed by atoms with Crippen LogP contribution in [0.4, 0.5) is 0 Å². The van der Waals surface area contributed by atoms with E-state index < -0.39 is 0 Å². The van der Waals surface area contributed by atoms with Crippen LogP contribution >= 0.6 is 0 Å². The van der Waals surface area contributed by atoms with Gasteiger partial charge in [-0.3, -0.25) is 0 Å². The molecule has 0 heterocycles. The summed E-state index contributed by atoms with van der Waals surface area (Å²) in [5, 5.41) is 0. The van der Waals surface area contributed by atoms with E-state index in [-0.39, 0.29) is 5.97 Å². The summed E-state index contributed by atoms with van der Waals surface area (Å²) in [7, 11) is 0. The second-order valence-electron chi connectivity index (χ2n) is 7.14. The smallest absolute Gasteiger partial charge is 0.333 e. The summed E-state index contributed by atoms with van der Waals surface area (Å²) in [4.78, 5) is 11.7. The van der Waals surface area contributed by atoms with Crippen molar-refractivity contribution in [2.45, 2.75) is 53.4 Å². The molecule has 4 atom stereocenters. The minimum absolute atomic E-state index is 0.203. The lowest BCUT2D eigenvalue weighted by atomic mass is 9.43. The first-order chi connectivity index (χ1) is 8.87. The molecule has 0 radical (unpaired) electrons. The van der Waals surface area contributed by atoms with Crippen LogP contribution in [0.2, 0.25) is 0 Å². The number of carbonyl (C=O) groups excluding carboxylic acids is 1. The predicted molar refractivity (Wildman–Crippen MR) is 77.7 cm³/mol. The van der Waals surface area contributed by atoms with Gasteiger partial charge >= 0.3 is 5.97 Å². The van der Waals surface area contributed by atoms with E-state index in [1.54, 1.807) is 0 Å². The van der Waals surface area contributed by atoms with Crippen LogP contribution in [0.25, 0.3) is 0 Å². The van der Waals surface area contributed by atoms with Gasteiger partial charge in [0.05, 0.1) is 6.61 Å². The Morgan fingerprint density at radius 1 is 1.37 bits per heavy atom. The van der Waals surface area contributed by atoms with E-state index >= 15 is 0 Å². The third-order valence-electron chi connectivity index (χ3n) is 5.62. The maximum absolute atomic E-state index is 11.7. The number of rotatable bonds is 4. The maximum atomic E-state index is 11.7. The van der Waals surface area contributed by atoms with Crippen LogP contribution in [0.5, 0.6) is 0 Å². The lowest BCUT2D eigenvalue weighted by molar-refractivity contribution is -0.144. The summed E-state index contributed by atoms with van der Waals surface area (Å²) < 4.78 is 5.06. The Labute approximate surface area is 117 Å². The molecule has 0 aromatic heterocycles. The molecule has 2 saturated carbocycles. The van der Waals surface area contributed by atoms with E-state index in [1.165, 1.54) is 19.3 Å². The van der Waals surface area contributed by atoms with Crippen molar-refractivity contribution in [1.29, 1.82) is 0 Å². The van der Waals surface area contributed by atoms with Crippen molar-refractivity contribution in [2.75, 3.05) is 6.61 Å². The van der Waals surface area contributed by atoms with Crippen molar-refractivity contribution in [3.63, 3.8) is 0 Å². The molecule has 2 rings (SSSR count). The predicted octanol–water partition coefficient (Wildman–Crippen LogP) is 4.20. The molecule has 0 saturated heterocycles. The second-order valence-corrected chi connectivity index (χ2v) is 7.14. The first kappa shape index (κ1) is 14.6. The van der Waals surface area contributed by atoms with E-state index in [9.17, 15) is 4.79 Å². The van der Waals surface area contributed by atoms with Crippen LogP contribution in [-0.2, 0) is 9.53 Å². The summed E-state index contributed by atoms with van der Waals surface area (Å²) in [5.74, 6) is 2.90. The van der Waals surface area contributed by atoms with Crippen molar-refractivity contribution < 1.29 is 9.53 Å². The molecule has 19 heavy (non-hydrogen) atoms. The highest BCUT2D eigenvalue weighted by atomic mass is 16.5. The SMILES string of the molecule is C=C(C[C@H]1[C@@H]2C[C@@H](C)CC[C@@H]2C1(C)C)C(=O)OCC. The molecule has 2 fully saturated rings. The first-order valence-corrected chi connectivity index (χ1v) is 7.72. The molecule has 0 aromatic rings. The molecule has 0 aliphatic heterocycles. The number of fused-ring (bicyclic) bond motifs is 1. The van der Waals surface area contributed by atoms with Crippen molar-refractivity contribution in [3.8, 4) is 0 Å². The van der Waals surface area contributed by atoms with E-state index in [0.717, 1.165) is 24.2 Å². The van der Waals surface area contributed by atoms with Gasteiger partial charge in [0.2, 0.25) is 0 Å². The average molecular weight is 264 g/mol. The Balaban J connectivity index is 1.99. The molecule has 0 aromatic carbocycles. The highest BCUT2D eigenvalue weighted by Crippen LogP contribution is 2.63. The Hall–Kier alpha value is -0.790. The van der Waals surface area contributed by atoms with Crippen LogP contribution in [0.3, 0.4) is 0 Å². The number of carbonyl (C=O) groups is 1. The van der Waals surface area contributed by atoms with Crippen molar-refractivity contribution in [3.05, 3.63) is 12.2 Å². The third kappa shape index (κ3) is 2.59. The van der Waals surface area contributed by atoms with E-state index in [2.05, 4.69) is 27.4 Å². The van der Waals surface area contributed by atoms with Crippen LogP contribution in [0.15, 0.2) is 12.2 Å². The van der Waals surface area contributed by atoms with Crippen molar-refractivity contribution >= 4 is 5.97 Å². The lowest BCUT2D eigenvalue weighted by Crippen LogP contribution is -2.55. The summed E-state index contributed by atoms with van der Waals surface area (Å²) in [6.45, 7) is 13.3. The molecule has 2 heteroatoms. The molecule has 2 aliphatic carbocycles. The zero-order valence-corrected chi connectivity index (χ0v) is 12.9. The zero-order valence-electron chi connectivity index (χ0n) is 12.9. The minimum atomic E-state index is -0.203. The van der Waals surface area contributed by atoms with E-state index in [1.807, 2.05) is 6.92 Å². The lowest BCUT2D eigenvalue weighted by Gasteiger charge is -2.62. The van der Waals surface area contributed by atoms with E-state index in [4.69, 9.17) is 4.74 Å². The van der Waals surface area contributed by atoms with E-state index in [0.29, 0.717) is 23.5 Å². The molecular formula is C17H28O2. The Bertz CT molecular complexity index is 369. The average Bonchev–Trinajstić information content (AvgIpc) is 2.35. The van der Waals surface area contributed by atoms with Gasteiger partial charge in [0.15, 0.2) is 0 Å². The number of ether oxygens (including phenoxy) is 1. The molecule has 0 unspecified atom stereocenters. The molecule has 2 nitrogen and oxygen atoms in total. The van der Waals surface area contributed by atoms with Gasteiger partial charge in [-0.05, 0) is 55.3 Å². The van der Waals surface area contributed by atoms with Crippen LogP contribution < -0.4 is 0 Å². The van der Waals surface area contributed by atoms with Gasteiger partial charge in [0, 0.05) is 5.57 Å². The van der Waals surface area contributed by atoms with Gasteiger partial charge in [-0.2, -0.15) is 0 Å². The fourth-order valence-corrected chi connectivity index (χ4v) is 4.50. The third-order valence-corrected chi connectivity index (χ3v) is 5.62. The minimum Gasteiger partial charge on any atom is -0.463 e. The second kappa shape index (κ2) is 5.30. The van der Waals surface area contributed by atoms with Gasteiger partial charge in [0.1, 0.15) is 0 Å². The monoisotopic (exact) mass is 264 g/mol. The number of esters is 1. The summed E-state index contributed by atoms with van der Waals surface area (Å²) in [6, 6.07) is 0. The molecule has 0 spiro atoms. The topological polar surface area (TPSA) is 26.3 Å². The first-order valence-electron chi connectivity index (χ1n) is 7.72. The molecular weight excluding hydrogens is 236 g/mol. The number of hydrogen-bond donors (Lipinski definition) is 0. The Morgan fingerprint density at radius 2 is 2.05 bits per heavy atom. The largest absolute Gasteiger partial charge is 0.463 e. The standard InChI is InChI=1S/C17H28O2/c1-6-19-16(18)12(3)10-15-13-9-11(2)7-8-14(13)17(15,4)5/h11,13-15H,3,6-10H2,1-2,4-5H3/t11-,13+,14-,15-/m0/s1. The van der Waals surface area contributed by atoms with Crippen LogP contribution in [-0.4, -0.2) is 12.6 Å².